The van der Waals surface area contributed by atoms with Crippen LogP contribution < -0.4 is 5.32 Å². The molecule has 2 aliphatic rings. The van der Waals surface area contributed by atoms with E-state index in [-0.39, 0.29) is 23.7 Å². The summed E-state index contributed by atoms with van der Waals surface area (Å²) in [7, 11) is 0. The summed E-state index contributed by atoms with van der Waals surface area (Å²) in [6.07, 6.45) is 4.66. The number of hydrogen-bond donors (Lipinski definition) is 2. The first-order valence-corrected chi connectivity index (χ1v) is 9.39. The Morgan fingerprint density at radius 1 is 1.24 bits per heavy atom. The summed E-state index contributed by atoms with van der Waals surface area (Å²) in [5.74, 6) is 0. The van der Waals surface area contributed by atoms with Crippen molar-refractivity contribution >= 4 is 11.8 Å². The number of nitrogens with one attached hydrogen (secondary N) is 1. The van der Waals surface area contributed by atoms with Crippen molar-refractivity contribution in [3.8, 4) is 0 Å². The van der Waals surface area contributed by atoms with Gasteiger partial charge in [-0.1, -0.05) is 13.8 Å². The third-order valence-corrected chi connectivity index (χ3v) is 6.75. The molecule has 2 aliphatic carbocycles. The van der Waals surface area contributed by atoms with Gasteiger partial charge in [0.05, 0.1) is 24.4 Å². The lowest BCUT2D eigenvalue weighted by molar-refractivity contribution is -0.185. The number of aliphatic hydroxyl groups excluding tert-OH is 1. The van der Waals surface area contributed by atoms with Gasteiger partial charge in [0.2, 0.25) is 0 Å². The zero-order chi connectivity index (χ0) is 15.7. The molecule has 21 heavy (non-hydrogen) atoms. The van der Waals surface area contributed by atoms with Crippen LogP contribution in [0.2, 0.25) is 0 Å². The normalized spacial score (nSPS) is 41.4. The van der Waals surface area contributed by atoms with Gasteiger partial charge in [0, 0.05) is 29.9 Å². The second kappa shape index (κ2) is 6.75. The van der Waals surface area contributed by atoms with Crippen molar-refractivity contribution in [1.29, 1.82) is 0 Å². The average molecular weight is 317 g/mol. The Kier molecular flexibility index (Phi) is 5.64. The van der Waals surface area contributed by atoms with Crippen LogP contribution in [0, 0.1) is 5.41 Å². The summed E-state index contributed by atoms with van der Waals surface area (Å²) in [6, 6.07) is 0.422. The molecule has 2 saturated carbocycles. The minimum absolute atomic E-state index is 0.0442. The Bertz CT molecular complexity index is 352. The topological polar surface area (TPSA) is 50.7 Å². The van der Waals surface area contributed by atoms with Crippen LogP contribution in [0.1, 0.15) is 40.5 Å². The highest BCUT2D eigenvalue weighted by atomic mass is 32.2. The van der Waals surface area contributed by atoms with Crippen LogP contribution in [0.15, 0.2) is 0 Å². The van der Waals surface area contributed by atoms with E-state index in [4.69, 9.17) is 9.47 Å². The van der Waals surface area contributed by atoms with E-state index in [1.807, 2.05) is 18.7 Å². The predicted molar refractivity (Wildman–Crippen MR) is 87.9 cm³/mol. The minimum atomic E-state index is -0.220. The fourth-order valence-corrected chi connectivity index (χ4v) is 4.81. The fraction of sp³-hybridized carbons (Fsp3) is 1.00. The molecule has 0 aromatic rings. The first kappa shape index (κ1) is 17.5. The van der Waals surface area contributed by atoms with Crippen LogP contribution in [-0.4, -0.2) is 60.2 Å². The smallest absolute Gasteiger partial charge is 0.0723 e. The Labute approximate surface area is 133 Å². The third kappa shape index (κ3) is 2.88. The maximum atomic E-state index is 10.00. The van der Waals surface area contributed by atoms with Gasteiger partial charge in [0.15, 0.2) is 0 Å². The number of ether oxygens (including phenoxy) is 2. The SMILES string of the molecule is CCOC1CC(NC2(CO)CC(OCC)C2(C)C)C1SC. The lowest BCUT2D eigenvalue weighted by Crippen LogP contribution is -2.77. The molecule has 2 fully saturated rings. The highest BCUT2D eigenvalue weighted by Gasteiger charge is 2.62. The summed E-state index contributed by atoms with van der Waals surface area (Å²) in [4.78, 5) is 0. The highest BCUT2D eigenvalue weighted by molar-refractivity contribution is 7.99. The molecule has 0 aromatic heterocycles. The molecule has 124 valence electrons. The lowest BCUT2D eigenvalue weighted by atomic mass is 9.54. The monoisotopic (exact) mass is 317 g/mol. The van der Waals surface area contributed by atoms with Crippen LogP contribution in [0.4, 0.5) is 0 Å². The number of hydrogen-bond acceptors (Lipinski definition) is 5. The van der Waals surface area contributed by atoms with E-state index >= 15 is 0 Å². The molecule has 2 N–H and O–H groups in total. The molecule has 0 aromatic carbocycles. The zero-order valence-corrected chi connectivity index (χ0v) is 14.8. The Balaban J connectivity index is 1.98. The van der Waals surface area contributed by atoms with Crippen molar-refractivity contribution < 1.29 is 14.6 Å². The molecule has 2 rings (SSSR count). The summed E-state index contributed by atoms with van der Waals surface area (Å²) in [5.41, 5.74) is -0.264. The van der Waals surface area contributed by atoms with Crippen LogP contribution in [0.5, 0.6) is 0 Å². The molecular weight excluding hydrogens is 286 g/mol. The summed E-state index contributed by atoms with van der Waals surface area (Å²) in [6.45, 7) is 10.2. The predicted octanol–water partition coefficient (Wildman–Crippen LogP) is 2.05. The summed E-state index contributed by atoms with van der Waals surface area (Å²) in [5, 5.41) is 14.2. The molecule has 0 heterocycles. The van der Waals surface area contributed by atoms with Gasteiger partial charge in [-0.05, 0) is 32.9 Å². The molecule has 0 spiro atoms. The van der Waals surface area contributed by atoms with Gasteiger partial charge in [-0.2, -0.15) is 11.8 Å². The Morgan fingerprint density at radius 2 is 1.90 bits per heavy atom. The lowest BCUT2D eigenvalue weighted by Gasteiger charge is -2.63. The van der Waals surface area contributed by atoms with Gasteiger partial charge in [0.1, 0.15) is 0 Å². The second-order valence-electron chi connectivity index (χ2n) is 6.79. The molecular formula is C16H31NO3S. The van der Waals surface area contributed by atoms with Gasteiger partial charge < -0.3 is 19.9 Å². The second-order valence-corrected chi connectivity index (χ2v) is 7.81. The Morgan fingerprint density at radius 3 is 2.38 bits per heavy atom. The van der Waals surface area contributed by atoms with E-state index < -0.39 is 0 Å². The fourth-order valence-electron chi connectivity index (χ4n) is 3.81. The third-order valence-electron chi connectivity index (χ3n) is 5.57. The van der Waals surface area contributed by atoms with Crippen molar-refractivity contribution in [2.45, 2.75) is 69.6 Å². The molecule has 5 atom stereocenters. The summed E-state index contributed by atoms with van der Waals surface area (Å²) >= 11 is 1.86. The maximum absolute atomic E-state index is 10.00. The van der Waals surface area contributed by atoms with Crippen molar-refractivity contribution in [3.05, 3.63) is 0 Å². The van der Waals surface area contributed by atoms with Crippen LogP contribution in [0.3, 0.4) is 0 Å². The minimum Gasteiger partial charge on any atom is -0.394 e. The quantitative estimate of drug-likeness (QED) is 0.717. The maximum Gasteiger partial charge on any atom is 0.0723 e. The molecule has 4 nitrogen and oxygen atoms in total. The van der Waals surface area contributed by atoms with Gasteiger partial charge in [0.25, 0.3) is 0 Å². The van der Waals surface area contributed by atoms with Crippen LogP contribution in [0.25, 0.3) is 0 Å². The van der Waals surface area contributed by atoms with Gasteiger partial charge in [-0.15, -0.1) is 0 Å². The van der Waals surface area contributed by atoms with Crippen LogP contribution in [-0.2, 0) is 9.47 Å². The van der Waals surface area contributed by atoms with E-state index in [9.17, 15) is 5.11 Å². The standard InChI is InChI=1S/C16H31NO3S/c1-6-19-12-8-11(14(12)21-5)17-16(10-18)9-13(20-7-2)15(16,3)4/h11-14,17-18H,6-10H2,1-5H3. The van der Waals surface area contributed by atoms with Crippen molar-refractivity contribution in [3.63, 3.8) is 0 Å². The first-order valence-electron chi connectivity index (χ1n) is 8.10. The molecule has 0 saturated heterocycles. The van der Waals surface area contributed by atoms with Gasteiger partial charge >= 0.3 is 0 Å². The van der Waals surface area contributed by atoms with Crippen molar-refractivity contribution in [2.24, 2.45) is 5.41 Å². The van der Waals surface area contributed by atoms with E-state index in [1.165, 1.54) is 0 Å². The largest absolute Gasteiger partial charge is 0.394 e. The highest BCUT2D eigenvalue weighted by Crippen LogP contribution is 2.52. The molecule has 0 aliphatic heterocycles. The van der Waals surface area contributed by atoms with E-state index in [2.05, 4.69) is 32.3 Å². The van der Waals surface area contributed by atoms with Gasteiger partial charge in [-0.25, -0.2) is 0 Å². The number of rotatable bonds is 8. The molecule has 5 heteroatoms. The van der Waals surface area contributed by atoms with Gasteiger partial charge in [-0.3, -0.25) is 0 Å². The number of aliphatic hydroxyl groups is 1. The molecule has 0 radical (unpaired) electrons. The van der Waals surface area contributed by atoms with Crippen molar-refractivity contribution in [2.75, 3.05) is 26.1 Å². The van der Waals surface area contributed by atoms with E-state index in [0.29, 0.717) is 17.4 Å². The zero-order valence-electron chi connectivity index (χ0n) is 14.0. The summed E-state index contributed by atoms with van der Waals surface area (Å²) < 4.78 is 11.6. The molecule has 0 bridgehead atoms. The van der Waals surface area contributed by atoms with Crippen molar-refractivity contribution in [1.82, 2.24) is 5.32 Å². The Hall–Kier alpha value is 0.190. The molecule has 5 unspecified atom stereocenters. The first-order chi connectivity index (χ1) is 9.95. The molecule has 0 amide bonds. The van der Waals surface area contributed by atoms with Crippen LogP contribution >= 0.6 is 11.8 Å². The van der Waals surface area contributed by atoms with E-state index in [0.717, 1.165) is 26.1 Å². The van der Waals surface area contributed by atoms with E-state index in [1.54, 1.807) is 0 Å². The number of thioether (sulfide) groups is 1. The average Bonchev–Trinajstić information content (AvgIpc) is 2.44.